The maximum absolute atomic E-state index is 11.9. The summed E-state index contributed by atoms with van der Waals surface area (Å²) in [5, 5.41) is 0. The fourth-order valence-electron chi connectivity index (χ4n) is 3.15. The van der Waals surface area contributed by atoms with Crippen LogP contribution < -0.4 is 15.5 Å². The van der Waals surface area contributed by atoms with E-state index in [0.717, 1.165) is 26.2 Å². The van der Waals surface area contributed by atoms with E-state index in [1.54, 1.807) is 6.92 Å². The molecule has 1 aliphatic rings. The van der Waals surface area contributed by atoms with Crippen LogP contribution in [0, 0.1) is 6.92 Å². The third kappa shape index (κ3) is 3.60. The van der Waals surface area contributed by atoms with Gasteiger partial charge in [-0.2, -0.15) is 0 Å². The van der Waals surface area contributed by atoms with Crippen LogP contribution in [-0.2, 0) is 0 Å². The van der Waals surface area contributed by atoms with Crippen LogP contribution in [0.4, 0.5) is 11.4 Å². The summed E-state index contributed by atoms with van der Waals surface area (Å²) >= 11 is 0. The monoisotopic (exact) mass is 323 g/mol. The third-order valence-electron chi connectivity index (χ3n) is 4.58. The lowest BCUT2D eigenvalue weighted by atomic mass is 10.1. The van der Waals surface area contributed by atoms with E-state index >= 15 is 0 Å². The summed E-state index contributed by atoms with van der Waals surface area (Å²) in [6, 6.07) is 16.0. The lowest BCUT2D eigenvalue weighted by Crippen LogP contribution is -2.46. The molecule has 0 bridgehead atoms. The number of aryl methyl sites for hydroxylation is 1. The van der Waals surface area contributed by atoms with Crippen molar-refractivity contribution < 1.29 is 4.79 Å². The average molecular weight is 323 g/mol. The summed E-state index contributed by atoms with van der Waals surface area (Å²) < 4.78 is 0. The van der Waals surface area contributed by atoms with Gasteiger partial charge in [-0.15, -0.1) is 0 Å². The van der Waals surface area contributed by atoms with Crippen molar-refractivity contribution >= 4 is 17.2 Å². The van der Waals surface area contributed by atoms with Crippen molar-refractivity contribution in [1.29, 1.82) is 0 Å². The van der Waals surface area contributed by atoms with Gasteiger partial charge in [0.25, 0.3) is 0 Å². The predicted octanol–water partition coefficient (Wildman–Crippen LogP) is 2.85. The average Bonchev–Trinajstić information content (AvgIpc) is 2.61. The molecule has 2 N–H and O–H groups in total. The Morgan fingerprint density at radius 2 is 1.54 bits per heavy atom. The van der Waals surface area contributed by atoms with Crippen LogP contribution in [-0.4, -0.2) is 38.0 Å². The highest BCUT2D eigenvalue weighted by Crippen LogP contribution is 2.22. The second-order valence-corrected chi connectivity index (χ2v) is 6.51. The van der Waals surface area contributed by atoms with E-state index in [1.807, 2.05) is 24.3 Å². The smallest absolute Gasteiger partial charge is 0.179 e. The summed E-state index contributed by atoms with van der Waals surface area (Å²) in [6.07, 6.45) is 0. The molecule has 0 aromatic heterocycles. The zero-order valence-corrected chi connectivity index (χ0v) is 14.4. The number of hydrogen-bond acceptors (Lipinski definition) is 4. The first-order chi connectivity index (χ1) is 11.5. The van der Waals surface area contributed by atoms with E-state index in [4.69, 9.17) is 5.73 Å². The molecule has 1 atom stereocenters. The number of ketones is 1. The predicted molar refractivity (Wildman–Crippen MR) is 100 cm³/mol. The van der Waals surface area contributed by atoms with E-state index in [0.29, 0.717) is 5.56 Å². The van der Waals surface area contributed by atoms with E-state index < -0.39 is 6.04 Å². The first-order valence-electron chi connectivity index (χ1n) is 8.51. The van der Waals surface area contributed by atoms with Gasteiger partial charge in [0.1, 0.15) is 0 Å². The lowest BCUT2D eigenvalue weighted by molar-refractivity contribution is 0.0968. The van der Waals surface area contributed by atoms with Crippen molar-refractivity contribution in [3.63, 3.8) is 0 Å². The highest BCUT2D eigenvalue weighted by molar-refractivity contribution is 5.99. The van der Waals surface area contributed by atoms with E-state index in [2.05, 4.69) is 41.0 Å². The fraction of sp³-hybridized carbons (Fsp3) is 0.350. The number of piperazine rings is 1. The Hall–Kier alpha value is -2.33. The number of rotatable bonds is 4. The van der Waals surface area contributed by atoms with Gasteiger partial charge in [0.2, 0.25) is 0 Å². The molecule has 24 heavy (non-hydrogen) atoms. The third-order valence-corrected chi connectivity index (χ3v) is 4.58. The minimum atomic E-state index is -0.450. The van der Waals surface area contributed by atoms with Gasteiger partial charge in [0.05, 0.1) is 6.04 Å². The maximum Gasteiger partial charge on any atom is 0.179 e. The molecule has 126 valence electrons. The Morgan fingerprint density at radius 3 is 2.08 bits per heavy atom. The largest absolute Gasteiger partial charge is 0.368 e. The van der Waals surface area contributed by atoms with Gasteiger partial charge >= 0.3 is 0 Å². The number of benzene rings is 2. The maximum atomic E-state index is 11.9. The Balaban J connectivity index is 1.63. The molecular weight excluding hydrogens is 298 g/mol. The molecule has 4 nitrogen and oxygen atoms in total. The van der Waals surface area contributed by atoms with Crippen molar-refractivity contribution in [2.75, 3.05) is 36.0 Å². The van der Waals surface area contributed by atoms with Crippen molar-refractivity contribution in [3.05, 3.63) is 59.7 Å². The molecule has 0 amide bonds. The number of hydrogen-bond donors (Lipinski definition) is 1. The van der Waals surface area contributed by atoms with E-state index in [9.17, 15) is 4.79 Å². The Kier molecular flexibility index (Phi) is 4.86. The Bertz CT molecular complexity index is 701. The summed E-state index contributed by atoms with van der Waals surface area (Å²) in [4.78, 5) is 16.7. The number of carbonyl (C=O) groups excluding carboxylic acids is 1. The number of nitrogens with two attached hydrogens (primary N) is 1. The molecule has 0 saturated carbocycles. The molecule has 1 saturated heterocycles. The molecule has 1 heterocycles. The number of anilines is 2. The molecule has 0 radical (unpaired) electrons. The zero-order valence-electron chi connectivity index (χ0n) is 14.4. The van der Waals surface area contributed by atoms with Crippen molar-refractivity contribution in [1.82, 2.24) is 0 Å². The molecule has 4 heteroatoms. The van der Waals surface area contributed by atoms with Crippen LogP contribution >= 0.6 is 0 Å². The van der Waals surface area contributed by atoms with Crippen LogP contribution in [0.2, 0.25) is 0 Å². The molecule has 3 rings (SSSR count). The summed E-state index contributed by atoms with van der Waals surface area (Å²) in [5.74, 6) is -0.00850. The SMILES string of the molecule is Cc1cccc(N2CCN(c3ccc(C(=O)C(C)N)cc3)CC2)c1. The second-order valence-electron chi connectivity index (χ2n) is 6.51. The fourth-order valence-corrected chi connectivity index (χ4v) is 3.15. The zero-order chi connectivity index (χ0) is 17.1. The van der Waals surface area contributed by atoms with E-state index in [-0.39, 0.29) is 5.78 Å². The molecule has 1 aliphatic heterocycles. The molecular formula is C20H25N3O. The highest BCUT2D eigenvalue weighted by Gasteiger charge is 2.18. The minimum absolute atomic E-state index is 0.00850. The molecule has 2 aromatic carbocycles. The molecule has 0 aliphatic carbocycles. The van der Waals surface area contributed by atoms with Crippen LogP contribution in [0.25, 0.3) is 0 Å². The number of nitrogens with zero attached hydrogens (tertiary/aromatic N) is 2. The first kappa shape index (κ1) is 16.5. The van der Waals surface area contributed by atoms with Gasteiger partial charge in [0, 0.05) is 43.1 Å². The topological polar surface area (TPSA) is 49.6 Å². The number of carbonyl (C=O) groups is 1. The van der Waals surface area contributed by atoms with Crippen molar-refractivity contribution in [3.8, 4) is 0 Å². The highest BCUT2D eigenvalue weighted by atomic mass is 16.1. The van der Waals surface area contributed by atoms with Crippen molar-refractivity contribution in [2.45, 2.75) is 19.9 Å². The van der Waals surface area contributed by atoms with Crippen LogP contribution in [0.3, 0.4) is 0 Å². The summed E-state index contributed by atoms with van der Waals surface area (Å²) in [7, 11) is 0. The van der Waals surface area contributed by atoms with Crippen LogP contribution in [0.1, 0.15) is 22.8 Å². The molecule has 1 fully saturated rings. The molecule has 0 spiro atoms. The minimum Gasteiger partial charge on any atom is -0.368 e. The van der Waals surface area contributed by atoms with Gasteiger partial charge in [-0.25, -0.2) is 0 Å². The van der Waals surface area contributed by atoms with Gasteiger partial charge in [-0.3, -0.25) is 4.79 Å². The first-order valence-corrected chi connectivity index (χ1v) is 8.51. The molecule has 2 aromatic rings. The standard InChI is InChI=1S/C20H25N3O/c1-15-4-3-5-19(14-15)23-12-10-22(11-13-23)18-8-6-17(7-9-18)20(24)16(2)21/h3-9,14,16H,10-13,21H2,1-2H3. The van der Waals surface area contributed by atoms with Crippen LogP contribution in [0.15, 0.2) is 48.5 Å². The molecule has 1 unspecified atom stereocenters. The van der Waals surface area contributed by atoms with Gasteiger partial charge in [-0.05, 0) is 55.8 Å². The normalized spacial score (nSPS) is 16.1. The number of Topliss-reactive ketones (excluding diaryl/α,β-unsaturated/α-hetero) is 1. The van der Waals surface area contributed by atoms with Gasteiger partial charge in [0.15, 0.2) is 5.78 Å². The summed E-state index contributed by atoms with van der Waals surface area (Å²) in [5.41, 5.74) is 10.1. The quantitative estimate of drug-likeness (QED) is 0.879. The Labute approximate surface area is 143 Å². The van der Waals surface area contributed by atoms with Gasteiger partial charge < -0.3 is 15.5 Å². The summed E-state index contributed by atoms with van der Waals surface area (Å²) in [6.45, 7) is 7.82. The van der Waals surface area contributed by atoms with Gasteiger partial charge in [-0.1, -0.05) is 12.1 Å². The second kappa shape index (κ2) is 7.05. The Morgan fingerprint density at radius 1 is 0.958 bits per heavy atom. The van der Waals surface area contributed by atoms with E-state index in [1.165, 1.54) is 16.9 Å². The van der Waals surface area contributed by atoms with Crippen LogP contribution in [0.5, 0.6) is 0 Å². The van der Waals surface area contributed by atoms with Crippen molar-refractivity contribution in [2.24, 2.45) is 5.73 Å². The lowest BCUT2D eigenvalue weighted by Gasteiger charge is -2.37.